The number of alkyl carbamates (subject to hydrolysis) is 2. The minimum absolute atomic E-state index is 0. The van der Waals surface area contributed by atoms with Crippen molar-refractivity contribution in [2.45, 2.75) is 128 Å². The van der Waals surface area contributed by atoms with Gasteiger partial charge >= 0.3 is 12.2 Å². The lowest BCUT2D eigenvalue weighted by Gasteiger charge is -2.31. The van der Waals surface area contributed by atoms with E-state index in [1.165, 1.54) is 0 Å². The van der Waals surface area contributed by atoms with Crippen LogP contribution in [0.25, 0.3) is 0 Å². The van der Waals surface area contributed by atoms with Gasteiger partial charge in [-0.25, -0.2) is 18.4 Å². The van der Waals surface area contributed by atoms with Gasteiger partial charge in [0.2, 0.25) is 0 Å². The Morgan fingerprint density at radius 1 is 0.706 bits per heavy atom. The van der Waals surface area contributed by atoms with Gasteiger partial charge < -0.3 is 31.6 Å². The highest BCUT2D eigenvalue weighted by molar-refractivity contribution is 5.85. The van der Waals surface area contributed by atoms with Gasteiger partial charge in [0.05, 0.1) is 12.1 Å². The monoisotopic (exact) mass is 536 g/mol. The van der Waals surface area contributed by atoms with Crippen LogP contribution in [-0.2, 0) is 9.47 Å². The Bertz CT molecular complexity index is 569. The van der Waals surface area contributed by atoms with Crippen molar-refractivity contribution in [1.82, 2.24) is 10.6 Å². The maximum absolute atomic E-state index is 13.5. The molecule has 6 atom stereocenters. The fraction of sp³-hybridized carbons (Fsp3) is 0.909. The Morgan fingerprint density at radius 2 is 1.00 bits per heavy atom. The first kappa shape index (κ1) is 35.1. The van der Waals surface area contributed by atoms with E-state index < -0.39 is 47.8 Å². The maximum atomic E-state index is 13.5. The molecular weight excluding hydrogens is 493 g/mol. The quantitative estimate of drug-likeness (QED) is 0.416. The molecule has 0 aromatic carbocycles. The summed E-state index contributed by atoms with van der Waals surface area (Å²) in [4.78, 5) is 22.8. The van der Waals surface area contributed by atoms with Crippen molar-refractivity contribution in [1.29, 1.82) is 0 Å². The molecule has 12 heteroatoms. The number of halogens is 4. The van der Waals surface area contributed by atoms with E-state index in [1.54, 1.807) is 41.5 Å². The van der Waals surface area contributed by atoms with Gasteiger partial charge in [0.1, 0.15) is 23.5 Å². The van der Waals surface area contributed by atoms with E-state index >= 15 is 0 Å². The molecule has 2 saturated carbocycles. The second-order valence-electron chi connectivity index (χ2n) is 10.7. The lowest BCUT2D eigenvalue weighted by molar-refractivity contribution is 0.0436. The predicted octanol–water partition coefficient (Wildman–Crippen LogP) is 4.30. The molecule has 0 radical (unpaired) electrons. The Labute approximate surface area is 214 Å². The third-order valence-corrected chi connectivity index (χ3v) is 5.03. The molecular formula is C22H44Cl2F2N4O4. The zero-order chi connectivity index (χ0) is 24.7. The molecule has 8 nitrogen and oxygen atoms in total. The number of ether oxygens (including phenoxy) is 2. The molecule has 0 bridgehead atoms. The van der Waals surface area contributed by atoms with Crippen LogP contribution < -0.4 is 22.1 Å². The van der Waals surface area contributed by atoms with Crippen LogP contribution in [0.1, 0.15) is 80.1 Å². The van der Waals surface area contributed by atoms with Crippen LogP contribution in [0, 0.1) is 0 Å². The van der Waals surface area contributed by atoms with Crippen LogP contribution in [-0.4, -0.2) is 59.9 Å². The van der Waals surface area contributed by atoms with Gasteiger partial charge in [0.15, 0.2) is 0 Å². The minimum atomic E-state index is -1.07. The number of alkyl halides is 2. The standard InChI is InChI=1S/2C11H21FN2O2.2ClH/c2*1-11(2,3)16-10(15)14-9-5-4-7(13)6-8(9)12;;/h2*7-9H,4-6,13H2,1-3H3,(H,14,15);2*1H/t2*7-,8-,9-;;/m10../s1. The summed E-state index contributed by atoms with van der Waals surface area (Å²) >= 11 is 0. The van der Waals surface area contributed by atoms with Gasteiger partial charge in [-0.2, -0.15) is 0 Å². The topological polar surface area (TPSA) is 129 Å². The van der Waals surface area contributed by atoms with Crippen molar-refractivity contribution in [3.8, 4) is 0 Å². The summed E-state index contributed by atoms with van der Waals surface area (Å²) in [5, 5.41) is 5.11. The molecule has 0 unspecified atom stereocenters. The van der Waals surface area contributed by atoms with Crippen molar-refractivity contribution in [3.05, 3.63) is 0 Å². The highest BCUT2D eigenvalue weighted by Crippen LogP contribution is 2.22. The lowest BCUT2D eigenvalue weighted by atomic mass is 9.90. The van der Waals surface area contributed by atoms with Crippen molar-refractivity contribution < 1.29 is 27.8 Å². The number of hydrogen-bond donors (Lipinski definition) is 4. The normalized spacial score (nSPS) is 29.1. The first-order chi connectivity index (χ1) is 14.6. The average Bonchev–Trinajstić information content (AvgIpc) is 2.57. The van der Waals surface area contributed by atoms with E-state index in [0.29, 0.717) is 25.7 Å². The van der Waals surface area contributed by atoms with Gasteiger partial charge in [-0.3, -0.25) is 0 Å². The minimum Gasteiger partial charge on any atom is -0.444 e. The fourth-order valence-corrected chi connectivity index (χ4v) is 3.53. The van der Waals surface area contributed by atoms with E-state index in [-0.39, 0.29) is 36.9 Å². The summed E-state index contributed by atoms with van der Waals surface area (Å²) < 4.78 is 37.2. The SMILES string of the molecule is CC(C)(C)OC(=O)N[C@@H]1CC[C@@H](N)C[C@H]1F.CC(C)(C)OC(=O)N[C@H]1CC[C@H](N)C[C@@H]1F.Cl.Cl. The zero-order valence-electron chi connectivity index (χ0n) is 21.1. The third-order valence-electron chi connectivity index (χ3n) is 5.03. The van der Waals surface area contributed by atoms with Crippen LogP contribution in [0.4, 0.5) is 18.4 Å². The summed E-state index contributed by atoms with van der Waals surface area (Å²) in [5.41, 5.74) is 10.2. The summed E-state index contributed by atoms with van der Waals surface area (Å²) in [6.45, 7) is 10.6. The van der Waals surface area contributed by atoms with Crippen molar-refractivity contribution in [2.75, 3.05) is 0 Å². The van der Waals surface area contributed by atoms with Gasteiger partial charge in [-0.05, 0) is 80.1 Å². The average molecular weight is 538 g/mol. The molecule has 0 aromatic heterocycles. The number of carbonyl (C=O) groups is 2. The molecule has 0 saturated heterocycles. The molecule has 0 heterocycles. The molecule has 2 aliphatic rings. The molecule has 2 amide bonds. The highest BCUT2D eigenvalue weighted by Gasteiger charge is 2.32. The van der Waals surface area contributed by atoms with E-state index in [9.17, 15) is 18.4 Å². The maximum Gasteiger partial charge on any atom is 0.407 e. The summed E-state index contributed by atoms with van der Waals surface area (Å²) in [6.07, 6.45) is -0.0370. The summed E-state index contributed by atoms with van der Waals surface area (Å²) in [5.74, 6) is 0. The van der Waals surface area contributed by atoms with Gasteiger partial charge in [0.25, 0.3) is 0 Å². The van der Waals surface area contributed by atoms with E-state index in [0.717, 1.165) is 12.8 Å². The Balaban J connectivity index is 0. The van der Waals surface area contributed by atoms with Crippen LogP contribution in [0.2, 0.25) is 0 Å². The van der Waals surface area contributed by atoms with Crippen LogP contribution in [0.15, 0.2) is 0 Å². The molecule has 0 aliphatic heterocycles. The predicted molar refractivity (Wildman–Crippen MR) is 134 cm³/mol. The van der Waals surface area contributed by atoms with Crippen LogP contribution >= 0.6 is 24.8 Å². The molecule has 34 heavy (non-hydrogen) atoms. The Morgan fingerprint density at radius 3 is 1.24 bits per heavy atom. The number of hydrogen-bond acceptors (Lipinski definition) is 6. The lowest BCUT2D eigenvalue weighted by Crippen LogP contribution is -2.49. The smallest absolute Gasteiger partial charge is 0.407 e. The molecule has 0 spiro atoms. The first-order valence-corrected chi connectivity index (χ1v) is 11.3. The van der Waals surface area contributed by atoms with Crippen molar-refractivity contribution in [3.63, 3.8) is 0 Å². The zero-order valence-corrected chi connectivity index (χ0v) is 22.7. The third kappa shape index (κ3) is 15.0. The fourth-order valence-electron chi connectivity index (χ4n) is 3.53. The van der Waals surface area contributed by atoms with Crippen molar-refractivity contribution >= 4 is 37.0 Å². The second-order valence-corrected chi connectivity index (χ2v) is 10.7. The summed E-state index contributed by atoms with van der Waals surface area (Å²) in [7, 11) is 0. The number of carbonyl (C=O) groups excluding carboxylic acids is 2. The van der Waals surface area contributed by atoms with E-state index in [1.807, 2.05) is 0 Å². The highest BCUT2D eigenvalue weighted by atomic mass is 35.5. The molecule has 6 N–H and O–H groups in total. The van der Waals surface area contributed by atoms with E-state index in [4.69, 9.17) is 20.9 Å². The number of rotatable bonds is 2. The number of nitrogens with two attached hydrogens (primary N) is 2. The van der Waals surface area contributed by atoms with Crippen LogP contribution in [0.3, 0.4) is 0 Å². The molecule has 2 fully saturated rings. The van der Waals surface area contributed by atoms with Gasteiger partial charge in [0, 0.05) is 12.1 Å². The first-order valence-electron chi connectivity index (χ1n) is 11.3. The molecule has 204 valence electrons. The molecule has 0 aromatic rings. The van der Waals surface area contributed by atoms with E-state index in [2.05, 4.69) is 10.6 Å². The molecule has 2 aliphatic carbocycles. The number of amides is 2. The Hall–Kier alpha value is -1.10. The Kier molecular flexibility index (Phi) is 15.6. The number of nitrogens with one attached hydrogen (secondary N) is 2. The van der Waals surface area contributed by atoms with Gasteiger partial charge in [-0.1, -0.05) is 0 Å². The largest absolute Gasteiger partial charge is 0.444 e. The van der Waals surface area contributed by atoms with Gasteiger partial charge in [-0.15, -0.1) is 24.8 Å². The molecule has 2 rings (SSSR count). The summed E-state index contributed by atoms with van der Waals surface area (Å²) in [6, 6.07) is -1.11. The van der Waals surface area contributed by atoms with Crippen molar-refractivity contribution in [2.24, 2.45) is 11.5 Å². The second kappa shape index (κ2) is 15.1. The van der Waals surface area contributed by atoms with Crippen LogP contribution in [0.5, 0.6) is 0 Å².